The number of aryl methyl sites for hydroxylation is 2. The molecule has 0 saturated heterocycles. The molecular formula is C23H27N5. The van der Waals surface area contributed by atoms with E-state index in [-0.39, 0.29) is 5.41 Å². The third-order valence-electron chi connectivity index (χ3n) is 5.45. The van der Waals surface area contributed by atoms with Gasteiger partial charge in [-0.3, -0.25) is 4.40 Å². The van der Waals surface area contributed by atoms with E-state index in [1.165, 1.54) is 11.1 Å². The maximum absolute atomic E-state index is 5.88. The van der Waals surface area contributed by atoms with Crippen LogP contribution in [0.5, 0.6) is 0 Å². The van der Waals surface area contributed by atoms with Gasteiger partial charge in [-0.1, -0.05) is 38.1 Å². The Morgan fingerprint density at radius 3 is 2.75 bits per heavy atom. The molecule has 0 aliphatic heterocycles. The Kier molecular flexibility index (Phi) is 4.85. The fourth-order valence-electron chi connectivity index (χ4n) is 3.56. The molecule has 0 spiro atoms. The predicted octanol–water partition coefficient (Wildman–Crippen LogP) is 4.56. The van der Waals surface area contributed by atoms with E-state index in [0.717, 1.165) is 47.3 Å². The van der Waals surface area contributed by atoms with Gasteiger partial charge in [0, 0.05) is 11.6 Å². The lowest BCUT2D eigenvalue weighted by molar-refractivity contribution is 0.337. The molecule has 0 aliphatic carbocycles. The van der Waals surface area contributed by atoms with Gasteiger partial charge in [-0.05, 0) is 67.5 Å². The molecule has 3 aromatic heterocycles. The highest BCUT2D eigenvalue weighted by Gasteiger charge is 2.16. The van der Waals surface area contributed by atoms with Crippen molar-refractivity contribution in [2.24, 2.45) is 11.1 Å². The van der Waals surface area contributed by atoms with Crippen LogP contribution >= 0.6 is 0 Å². The van der Waals surface area contributed by atoms with E-state index in [0.29, 0.717) is 6.54 Å². The predicted molar refractivity (Wildman–Crippen MR) is 114 cm³/mol. The summed E-state index contributed by atoms with van der Waals surface area (Å²) in [5.41, 5.74) is 11.2. The van der Waals surface area contributed by atoms with Gasteiger partial charge in [-0.2, -0.15) is 0 Å². The highest BCUT2D eigenvalue weighted by atomic mass is 15.2. The Morgan fingerprint density at radius 2 is 1.93 bits per heavy atom. The Balaban J connectivity index is 1.69. The molecule has 0 bridgehead atoms. The number of hydrogen-bond acceptors (Lipinski definition) is 4. The Morgan fingerprint density at radius 1 is 1.07 bits per heavy atom. The van der Waals surface area contributed by atoms with Gasteiger partial charge in [0.15, 0.2) is 11.5 Å². The van der Waals surface area contributed by atoms with Crippen molar-refractivity contribution in [3.05, 3.63) is 59.8 Å². The molecular weight excluding hydrogens is 346 g/mol. The van der Waals surface area contributed by atoms with Crippen LogP contribution in [0.4, 0.5) is 0 Å². The third kappa shape index (κ3) is 3.62. The monoisotopic (exact) mass is 373 g/mol. The van der Waals surface area contributed by atoms with Crippen LogP contribution in [0.2, 0.25) is 0 Å². The Labute approximate surface area is 165 Å². The van der Waals surface area contributed by atoms with E-state index < -0.39 is 0 Å². The number of rotatable bonds is 6. The van der Waals surface area contributed by atoms with Crippen LogP contribution < -0.4 is 5.73 Å². The first-order valence-electron chi connectivity index (χ1n) is 9.87. The van der Waals surface area contributed by atoms with Crippen LogP contribution in [0.1, 0.15) is 37.8 Å². The number of nitrogens with two attached hydrogens (primary N) is 1. The molecule has 4 aromatic rings. The SMILES string of the molecule is Cc1ccn2c(-c3ccc4cccc(CCCC(C)(C)CN)c4n3)nnc2c1. The van der Waals surface area contributed by atoms with Gasteiger partial charge in [0.25, 0.3) is 0 Å². The van der Waals surface area contributed by atoms with E-state index in [2.05, 4.69) is 61.3 Å². The Bertz CT molecular complexity index is 1130. The second kappa shape index (κ2) is 7.32. The van der Waals surface area contributed by atoms with Gasteiger partial charge in [-0.15, -0.1) is 10.2 Å². The second-order valence-corrected chi connectivity index (χ2v) is 8.36. The molecule has 0 aliphatic rings. The lowest BCUT2D eigenvalue weighted by Gasteiger charge is -2.22. The van der Waals surface area contributed by atoms with Gasteiger partial charge < -0.3 is 5.73 Å². The highest BCUT2D eigenvalue weighted by Crippen LogP contribution is 2.26. The van der Waals surface area contributed by atoms with Gasteiger partial charge in [0.05, 0.1) is 5.52 Å². The molecule has 1 aromatic carbocycles. The summed E-state index contributed by atoms with van der Waals surface area (Å²) >= 11 is 0. The first-order valence-corrected chi connectivity index (χ1v) is 9.87. The van der Waals surface area contributed by atoms with Gasteiger partial charge in [0.1, 0.15) is 5.69 Å². The average molecular weight is 374 g/mol. The van der Waals surface area contributed by atoms with Crippen molar-refractivity contribution in [1.82, 2.24) is 19.6 Å². The van der Waals surface area contributed by atoms with Crippen molar-refractivity contribution in [3.63, 3.8) is 0 Å². The molecule has 0 unspecified atom stereocenters. The number of nitrogens with zero attached hydrogens (tertiary/aromatic N) is 4. The molecule has 0 atom stereocenters. The van der Waals surface area contributed by atoms with Gasteiger partial charge >= 0.3 is 0 Å². The fraction of sp³-hybridized carbons (Fsp3) is 0.348. The zero-order valence-corrected chi connectivity index (χ0v) is 16.8. The smallest absolute Gasteiger partial charge is 0.187 e. The van der Waals surface area contributed by atoms with Crippen molar-refractivity contribution in [1.29, 1.82) is 0 Å². The summed E-state index contributed by atoms with van der Waals surface area (Å²) in [4.78, 5) is 4.98. The topological polar surface area (TPSA) is 69.1 Å². The van der Waals surface area contributed by atoms with Crippen molar-refractivity contribution in [2.75, 3.05) is 6.54 Å². The standard InChI is InChI=1S/C23H27N5/c1-16-11-13-28-20(14-16)26-27-22(28)19-10-9-18-7-4-6-17(21(18)25-19)8-5-12-23(2,3)15-24/h4,6-7,9-11,13-14H,5,8,12,15,24H2,1-3H3. The van der Waals surface area contributed by atoms with Gasteiger partial charge in [-0.25, -0.2) is 4.98 Å². The minimum absolute atomic E-state index is 0.182. The van der Waals surface area contributed by atoms with Crippen molar-refractivity contribution in [3.8, 4) is 11.5 Å². The van der Waals surface area contributed by atoms with E-state index >= 15 is 0 Å². The maximum Gasteiger partial charge on any atom is 0.187 e. The third-order valence-corrected chi connectivity index (χ3v) is 5.45. The molecule has 2 N–H and O–H groups in total. The summed E-state index contributed by atoms with van der Waals surface area (Å²) in [5, 5.41) is 9.85. The molecule has 5 heteroatoms. The summed E-state index contributed by atoms with van der Waals surface area (Å²) in [7, 11) is 0. The number of fused-ring (bicyclic) bond motifs is 2. The lowest BCUT2D eigenvalue weighted by Crippen LogP contribution is -2.23. The van der Waals surface area contributed by atoms with E-state index in [9.17, 15) is 0 Å². The number of para-hydroxylation sites is 1. The van der Waals surface area contributed by atoms with Crippen LogP contribution in [-0.2, 0) is 6.42 Å². The van der Waals surface area contributed by atoms with Gasteiger partial charge in [0.2, 0.25) is 0 Å². The summed E-state index contributed by atoms with van der Waals surface area (Å²) in [6, 6.07) is 14.7. The largest absolute Gasteiger partial charge is 0.330 e. The first-order chi connectivity index (χ1) is 13.5. The molecule has 4 rings (SSSR count). The number of benzene rings is 1. The number of aromatic nitrogens is 4. The summed E-state index contributed by atoms with van der Waals surface area (Å²) in [6.45, 7) is 7.22. The number of pyridine rings is 2. The Hall–Kier alpha value is -2.79. The minimum atomic E-state index is 0.182. The quantitative estimate of drug-likeness (QED) is 0.538. The average Bonchev–Trinajstić information content (AvgIpc) is 3.10. The molecule has 0 saturated carbocycles. The lowest BCUT2D eigenvalue weighted by atomic mass is 9.86. The molecule has 0 amide bonds. The van der Waals surface area contributed by atoms with E-state index in [1.807, 2.05) is 22.7 Å². The summed E-state index contributed by atoms with van der Waals surface area (Å²) in [6.07, 6.45) is 5.21. The first kappa shape index (κ1) is 18.6. The van der Waals surface area contributed by atoms with E-state index in [1.54, 1.807) is 0 Å². The van der Waals surface area contributed by atoms with Crippen LogP contribution in [0.3, 0.4) is 0 Å². The number of hydrogen-bond donors (Lipinski definition) is 1. The van der Waals surface area contributed by atoms with Crippen LogP contribution in [0.15, 0.2) is 48.7 Å². The molecule has 144 valence electrons. The maximum atomic E-state index is 5.88. The molecule has 3 heterocycles. The molecule has 0 radical (unpaired) electrons. The van der Waals surface area contributed by atoms with Crippen molar-refractivity contribution in [2.45, 2.75) is 40.0 Å². The minimum Gasteiger partial charge on any atom is -0.330 e. The molecule has 5 nitrogen and oxygen atoms in total. The van der Waals surface area contributed by atoms with Crippen molar-refractivity contribution >= 4 is 16.6 Å². The van der Waals surface area contributed by atoms with E-state index in [4.69, 9.17) is 10.7 Å². The summed E-state index contributed by atoms with van der Waals surface area (Å²) in [5.74, 6) is 0.774. The van der Waals surface area contributed by atoms with Crippen LogP contribution in [-0.4, -0.2) is 26.1 Å². The van der Waals surface area contributed by atoms with Crippen molar-refractivity contribution < 1.29 is 0 Å². The zero-order chi connectivity index (χ0) is 19.7. The normalized spacial score (nSPS) is 12.1. The molecule has 0 fully saturated rings. The van der Waals surface area contributed by atoms with Crippen LogP contribution in [0, 0.1) is 12.3 Å². The highest BCUT2D eigenvalue weighted by molar-refractivity contribution is 5.84. The molecule has 28 heavy (non-hydrogen) atoms. The zero-order valence-electron chi connectivity index (χ0n) is 16.8. The summed E-state index contributed by atoms with van der Waals surface area (Å²) < 4.78 is 1.99. The van der Waals surface area contributed by atoms with Crippen LogP contribution in [0.25, 0.3) is 28.1 Å². The second-order valence-electron chi connectivity index (χ2n) is 8.36. The fourth-order valence-corrected chi connectivity index (χ4v) is 3.56.